The van der Waals surface area contributed by atoms with Gasteiger partial charge in [0.2, 0.25) is 0 Å². The van der Waals surface area contributed by atoms with Crippen LogP contribution in [-0.2, 0) is 4.79 Å². The van der Waals surface area contributed by atoms with Gasteiger partial charge in [0.25, 0.3) is 5.91 Å². The molecule has 0 saturated heterocycles. The standard InChI is InChI=1S/C25H22ClN5O3S/c1-16-6-8-17(9-7-16)24-29-30-25(31(24)20-12-10-19(26)11-13-20)35-15-22(32)28-27-14-18-4-3-5-21(34-2)23(18)33/h3-14,33H,15H2,1-2H3,(H,28,32)/b27-14+. The second kappa shape index (κ2) is 11.1. The molecule has 0 atom stereocenters. The number of thioether (sulfide) groups is 1. The van der Waals surface area contributed by atoms with E-state index in [9.17, 15) is 9.90 Å². The number of methoxy groups -OCH3 is 1. The molecule has 178 valence electrons. The minimum atomic E-state index is -0.337. The third kappa shape index (κ3) is 5.82. The van der Waals surface area contributed by atoms with Gasteiger partial charge in [-0.25, -0.2) is 5.43 Å². The minimum Gasteiger partial charge on any atom is -0.504 e. The van der Waals surface area contributed by atoms with E-state index in [1.165, 1.54) is 25.1 Å². The molecule has 1 amide bonds. The fourth-order valence-electron chi connectivity index (χ4n) is 3.22. The Morgan fingerprint density at radius 1 is 1.14 bits per heavy atom. The molecule has 0 bridgehead atoms. The quantitative estimate of drug-likeness (QED) is 0.201. The second-order valence-corrected chi connectivity index (χ2v) is 8.84. The number of benzene rings is 3. The van der Waals surface area contributed by atoms with Crippen LogP contribution in [-0.4, -0.2) is 44.9 Å². The molecular weight excluding hydrogens is 486 g/mol. The highest BCUT2D eigenvalue weighted by Gasteiger charge is 2.17. The van der Waals surface area contributed by atoms with E-state index in [0.29, 0.717) is 27.3 Å². The molecule has 0 fully saturated rings. The number of carbonyl (C=O) groups excluding carboxylic acids is 1. The summed E-state index contributed by atoms with van der Waals surface area (Å²) in [6.45, 7) is 2.02. The fourth-order valence-corrected chi connectivity index (χ4v) is 4.09. The number of amides is 1. The van der Waals surface area contributed by atoms with E-state index in [2.05, 4.69) is 20.7 Å². The van der Waals surface area contributed by atoms with E-state index < -0.39 is 0 Å². The van der Waals surface area contributed by atoms with Gasteiger partial charge in [0.15, 0.2) is 22.5 Å². The highest BCUT2D eigenvalue weighted by Crippen LogP contribution is 2.29. The molecule has 3 aromatic carbocycles. The van der Waals surface area contributed by atoms with Crippen molar-refractivity contribution in [2.75, 3.05) is 12.9 Å². The number of aromatic hydroxyl groups is 1. The highest BCUT2D eigenvalue weighted by atomic mass is 35.5. The van der Waals surface area contributed by atoms with Crippen LogP contribution in [0.1, 0.15) is 11.1 Å². The Morgan fingerprint density at radius 2 is 1.89 bits per heavy atom. The molecule has 0 aliphatic heterocycles. The molecule has 4 aromatic rings. The molecule has 0 radical (unpaired) electrons. The summed E-state index contributed by atoms with van der Waals surface area (Å²) in [5.74, 6) is 0.642. The van der Waals surface area contributed by atoms with Crippen molar-refractivity contribution in [2.24, 2.45) is 5.10 Å². The molecule has 8 nitrogen and oxygen atoms in total. The number of nitrogens with one attached hydrogen (secondary N) is 1. The van der Waals surface area contributed by atoms with Crippen LogP contribution < -0.4 is 10.2 Å². The van der Waals surface area contributed by atoms with Crippen molar-refractivity contribution < 1.29 is 14.6 Å². The lowest BCUT2D eigenvalue weighted by Crippen LogP contribution is -2.20. The van der Waals surface area contributed by atoms with Crippen LogP contribution in [0.5, 0.6) is 11.5 Å². The number of phenolic OH excluding ortho intramolecular Hbond substituents is 1. The number of carbonyl (C=O) groups is 1. The van der Waals surface area contributed by atoms with Gasteiger partial charge in [-0.05, 0) is 43.3 Å². The van der Waals surface area contributed by atoms with Crippen molar-refractivity contribution in [2.45, 2.75) is 12.1 Å². The lowest BCUT2D eigenvalue weighted by molar-refractivity contribution is -0.118. The predicted molar refractivity (Wildman–Crippen MR) is 138 cm³/mol. The molecule has 1 aromatic heterocycles. The topological polar surface area (TPSA) is 102 Å². The summed E-state index contributed by atoms with van der Waals surface area (Å²) >= 11 is 7.30. The third-order valence-electron chi connectivity index (χ3n) is 5.00. The van der Waals surface area contributed by atoms with Crippen molar-refractivity contribution in [3.8, 4) is 28.6 Å². The number of aryl methyl sites for hydroxylation is 1. The zero-order valence-corrected chi connectivity index (χ0v) is 20.5. The van der Waals surface area contributed by atoms with Crippen molar-refractivity contribution in [3.63, 3.8) is 0 Å². The van der Waals surface area contributed by atoms with Gasteiger partial charge in [0.05, 0.1) is 19.1 Å². The summed E-state index contributed by atoms with van der Waals surface area (Å²) in [7, 11) is 1.46. The molecule has 35 heavy (non-hydrogen) atoms. The number of ether oxygens (including phenoxy) is 1. The fraction of sp³-hybridized carbons (Fsp3) is 0.120. The third-order valence-corrected chi connectivity index (χ3v) is 6.18. The van der Waals surface area contributed by atoms with Gasteiger partial charge >= 0.3 is 0 Å². The average Bonchev–Trinajstić information content (AvgIpc) is 3.28. The van der Waals surface area contributed by atoms with Crippen LogP contribution in [0.15, 0.2) is 77.0 Å². The van der Waals surface area contributed by atoms with E-state index in [-0.39, 0.29) is 17.4 Å². The van der Waals surface area contributed by atoms with Crippen molar-refractivity contribution in [3.05, 3.63) is 82.9 Å². The first-order valence-corrected chi connectivity index (χ1v) is 11.9. The number of rotatable bonds is 8. The van der Waals surface area contributed by atoms with Gasteiger partial charge < -0.3 is 9.84 Å². The molecule has 1 heterocycles. The normalized spacial score (nSPS) is 11.1. The Hall–Kier alpha value is -3.82. The summed E-state index contributed by atoms with van der Waals surface area (Å²) in [6, 6.07) is 20.3. The SMILES string of the molecule is COc1cccc(/C=N/NC(=O)CSc2nnc(-c3ccc(C)cc3)n2-c2ccc(Cl)cc2)c1O. The Morgan fingerprint density at radius 3 is 2.60 bits per heavy atom. The number of phenols is 1. The molecule has 4 rings (SSSR count). The molecule has 2 N–H and O–H groups in total. The molecule has 0 aliphatic rings. The van der Waals surface area contributed by atoms with Gasteiger partial charge in [-0.3, -0.25) is 9.36 Å². The van der Waals surface area contributed by atoms with Crippen LogP contribution in [0, 0.1) is 6.92 Å². The van der Waals surface area contributed by atoms with Gasteiger partial charge in [-0.1, -0.05) is 59.3 Å². The number of hydrogen-bond acceptors (Lipinski definition) is 7. The first-order chi connectivity index (χ1) is 17.0. The molecule has 10 heteroatoms. The summed E-state index contributed by atoms with van der Waals surface area (Å²) in [4.78, 5) is 12.4. The van der Waals surface area contributed by atoms with Gasteiger partial charge in [-0.15, -0.1) is 10.2 Å². The Bertz CT molecular complexity index is 1350. The first-order valence-electron chi connectivity index (χ1n) is 10.6. The summed E-state index contributed by atoms with van der Waals surface area (Å²) in [5, 5.41) is 23.9. The van der Waals surface area contributed by atoms with Crippen LogP contribution in [0.4, 0.5) is 0 Å². The number of nitrogens with zero attached hydrogens (tertiary/aromatic N) is 4. The van der Waals surface area contributed by atoms with Gasteiger partial charge in [0.1, 0.15) is 0 Å². The Balaban J connectivity index is 1.50. The monoisotopic (exact) mass is 507 g/mol. The molecule has 0 aliphatic carbocycles. The number of hydrazone groups is 1. The number of aromatic nitrogens is 3. The van der Waals surface area contributed by atoms with E-state index in [0.717, 1.165) is 16.8 Å². The van der Waals surface area contributed by atoms with Crippen LogP contribution >= 0.6 is 23.4 Å². The maximum atomic E-state index is 12.4. The lowest BCUT2D eigenvalue weighted by Gasteiger charge is -2.10. The van der Waals surface area contributed by atoms with Crippen molar-refractivity contribution in [1.29, 1.82) is 0 Å². The summed E-state index contributed by atoms with van der Waals surface area (Å²) in [5.41, 5.74) is 5.74. The van der Waals surface area contributed by atoms with E-state index in [1.807, 2.05) is 47.9 Å². The van der Waals surface area contributed by atoms with Crippen LogP contribution in [0.2, 0.25) is 5.02 Å². The van der Waals surface area contributed by atoms with Crippen LogP contribution in [0.25, 0.3) is 17.1 Å². The average molecular weight is 508 g/mol. The molecular formula is C25H22ClN5O3S. The van der Waals surface area contributed by atoms with E-state index >= 15 is 0 Å². The molecule has 0 saturated carbocycles. The Labute approximate surface area is 211 Å². The van der Waals surface area contributed by atoms with Crippen molar-refractivity contribution in [1.82, 2.24) is 20.2 Å². The minimum absolute atomic E-state index is 0.0536. The second-order valence-electron chi connectivity index (χ2n) is 7.46. The first kappa shape index (κ1) is 24.3. The van der Waals surface area contributed by atoms with Crippen molar-refractivity contribution >= 4 is 35.5 Å². The molecule has 0 spiro atoms. The maximum absolute atomic E-state index is 12.4. The van der Waals surface area contributed by atoms with E-state index in [4.69, 9.17) is 16.3 Å². The zero-order chi connectivity index (χ0) is 24.8. The number of hydrogen-bond donors (Lipinski definition) is 2. The highest BCUT2D eigenvalue weighted by molar-refractivity contribution is 7.99. The van der Waals surface area contributed by atoms with E-state index in [1.54, 1.807) is 30.3 Å². The van der Waals surface area contributed by atoms with Gasteiger partial charge in [0, 0.05) is 21.8 Å². The maximum Gasteiger partial charge on any atom is 0.250 e. The number of para-hydroxylation sites is 1. The lowest BCUT2D eigenvalue weighted by atomic mass is 10.1. The summed E-state index contributed by atoms with van der Waals surface area (Å²) < 4.78 is 6.96. The largest absolute Gasteiger partial charge is 0.504 e. The summed E-state index contributed by atoms with van der Waals surface area (Å²) in [6.07, 6.45) is 1.35. The predicted octanol–water partition coefficient (Wildman–Crippen LogP) is 4.85. The molecule has 0 unspecified atom stereocenters. The zero-order valence-electron chi connectivity index (χ0n) is 19.0. The number of halogens is 1. The smallest absolute Gasteiger partial charge is 0.250 e. The Kier molecular flexibility index (Phi) is 7.69. The van der Waals surface area contributed by atoms with Crippen LogP contribution in [0.3, 0.4) is 0 Å². The van der Waals surface area contributed by atoms with Gasteiger partial charge in [-0.2, -0.15) is 5.10 Å².